The lowest BCUT2D eigenvalue weighted by Crippen LogP contribution is -2.61. The Balaban J connectivity index is 1.26. The van der Waals surface area contributed by atoms with Gasteiger partial charge in [-0.25, -0.2) is 4.79 Å². The summed E-state index contributed by atoms with van der Waals surface area (Å²) in [6.07, 6.45) is 6.45. The largest absolute Gasteiger partial charge is 0.381 e. The van der Waals surface area contributed by atoms with Crippen LogP contribution in [0.1, 0.15) is 60.2 Å². The smallest absolute Gasteiger partial charge is 0.324 e. The molecule has 0 radical (unpaired) electrons. The van der Waals surface area contributed by atoms with E-state index in [1.165, 1.54) is 16.2 Å². The van der Waals surface area contributed by atoms with Crippen molar-refractivity contribution in [3.05, 3.63) is 71.1 Å². The number of ether oxygens (including phenoxy) is 1. The third-order valence-corrected chi connectivity index (χ3v) is 9.74. The first-order valence-electron chi connectivity index (χ1n) is 15.2. The van der Waals surface area contributed by atoms with E-state index >= 15 is 0 Å². The Hall–Kier alpha value is -3.27. The number of thiophene rings is 1. The van der Waals surface area contributed by atoms with Gasteiger partial charge in [-0.15, -0.1) is 11.3 Å². The van der Waals surface area contributed by atoms with Crippen LogP contribution in [0.4, 0.5) is 4.79 Å². The third kappa shape index (κ3) is 7.38. The molecular formula is C33H42N4O4S. The first kappa shape index (κ1) is 30.2. The summed E-state index contributed by atoms with van der Waals surface area (Å²) < 4.78 is 6.50. The van der Waals surface area contributed by atoms with Gasteiger partial charge in [0.25, 0.3) is 11.8 Å². The van der Waals surface area contributed by atoms with Crippen molar-refractivity contribution < 1.29 is 19.1 Å². The molecule has 1 saturated carbocycles. The van der Waals surface area contributed by atoms with E-state index in [4.69, 9.17) is 4.74 Å². The summed E-state index contributed by atoms with van der Waals surface area (Å²) in [5.74, 6) is -0.573. The van der Waals surface area contributed by atoms with Crippen molar-refractivity contribution in [2.75, 3.05) is 39.8 Å². The van der Waals surface area contributed by atoms with Crippen LogP contribution in [0, 0.1) is 0 Å². The van der Waals surface area contributed by atoms with E-state index in [0.717, 1.165) is 67.4 Å². The fourth-order valence-electron chi connectivity index (χ4n) is 6.14. The molecule has 2 aromatic carbocycles. The first-order valence-corrected chi connectivity index (χ1v) is 16.0. The SMILES string of the molecule is COC1CCN(CCCNC(=O)N(CCc2ccccc2)C(=O)C2(NC(=O)c3cc4ccccc4s3)CCCC2)CC1. The normalized spacial score (nSPS) is 17.3. The highest BCUT2D eigenvalue weighted by molar-refractivity contribution is 7.20. The summed E-state index contributed by atoms with van der Waals surface area (Å²) >= 11 is 1.42. The number of carbonyl (C=O) groups excluding carboxylic acids is 3. The number of methoxy groups -OCH3 is 1. The molecule has 1 aliphatic heterocycles. The highest BCUT2D eigenvalue weighted by atomic mass is 32.1. The molecule has 2 fully saturated rings. The molecule has 1 aromatic heterocycles. The molecular weight excluding hydrogens is 548 g/mol. The van der Waals surface area contributed by atoms with Crippen molar-refractivity contribution in [1.82, 2.24) is 20.4 Å². The number of rotatable bonds is 11. The number of nitrogens with zero attached hydrogens (tertiary/aromatic N) is 2. The molecule has 2 N–H and O–H groups in total. The predicted octanol–water partition coefficient (Wildman–Crippen LogP) is 5.23. The molecule has 8 nitrogen and oxygen atoms in total. The molecule has 9 heteroatoms. The Morgan fingerprint density at radius 2 is 1.74 bits per heavy atom. The molecule has 224 valence electrons. The second-order valence-corrected chi connectivity index (χ2v) is 12.5. The lowest BCUT2D eigenvalue weighted by Gasteiger charge is -2.34. The lowest BCUT2D eigenvalue weighted by atomic mass is 9.94. The van der Waals surface area contributed by atoms with Crippen LogP contribution in [-0.2, 0) is 16.0 Å². The molecule has 2 heterocycles. The molecule has 0 unspecified atom stereocenters. The maximum absolute atomic E-state index is 14.2. The van der Waals surface area contributed by atoms with E-state index in [0.29, 0.717) is 36.8 Å². The maximum atomic E-state index is 14.2. The fraction of sp³-hybridized carbons (Fsp3) is 0.485. The number of benzene rings is 2. The zero-order valence-electron chi connectivity index (χ0n) is 24.5. The fourth-order valence-corrected chi connectivity index (χ4v) is 7.10. The molecule has 5 rings (SSSR count). The predicted molar refractivity (Wildman–Crippen MR) is 167 cm³/mol. The molecule has 1 aliphatic carbocycles. The van der Waals surface area contributed by atoms with E-state index in [1.54, 1.807) is 7.11 Å². The molecule has 3 aromatic rings. The summed E-state index contributed by atoms with van der Waals surface area (Å²) in [6, 6.07) is 19.2. The summed E-state index contributed by atoms with van der Waals surface area (Å²) in [5, 5.41) is 7.12. The zero-order chi connectivity index (χ0) is 29.4. The number of amides is 4. The van der Waals surface area contributed by atoms with Crippen molar-refractivity contribution in [1.29, 1.82) is 0 Å². The van der Waals surface area contributed by atoms with Gasteiger partial charge in [-0.3, -0.25) is 14.5 Å². The highest BCUT2D eigenvalue weighted by Crippen LogP contribution is 2.33. The van der Waals surface area contributed by atoms with Crippen molar-refractivity contribution >= 4 is 39.3 Å². The van der Waals surface area contributed by atoms with Crippen molar-refractivity contribution in [3.8, 4) is 0 Å². The second kappa shape index (κ2) is 14.3. The van der Waals surface area contributed by atoms with E-state index in [9.17, 15) is 14.4 Å². The molecule has 0 atom stereocenters. The van der Waals surface area contributed by atoms with Gasteiger partial charge in [0.2, 0.25) is 0 Å². The summed E-state index contributed by atoms with van der Waals surface area (Å²) in [5.41, 5.74) is -0.0372. The van der Waals surface area contributed by atoms with Crippen LogP contribution in [0.3, 0.4) is 0 Å². The quantitative estimate of drug-likeness (QED) is 0.299. The standard InChI is InChI=1S/C33H42N4O4S/c1-41-27-15-21-36(22-16-27)20-9-19-34-32(40)37(23-14-25-10-3-2-4-11-25)31(39)33(17-7-8-18-33)35-30(38)29-24-26-12-5-6-13-28(26)42-29/h2-6,10-13,24,27H,7-9,14-23H2,1H3,(H,34,40)(H,35,38). The number of urea groups is 1. The van der Waals surface area contributed by atoms with Gasteiger partial charge in [0.15, 0.2) is 0 Å². The number of imide groups is 1. The van der Waals surface area contributed by atoms with E-state index in [2.05, 4.69) is 15.5 Å². The van der Waals surface area contributed by atoms with Gasteiger partial charge in [-0.2, -0.15) is 0 Å². The van der Waals surface area contributed by atoms with Crippen LogP contribution < -0.4 is 10.6 Å². The van der Waals surface area contributed by atoms with E-state index < -0.39 is 11.6 Å². The van der Waals surface area contributed by atoms with Crippen molar-refractivity contribution in [3.63, 3.8) is 0 Å². The van der Waals surface area contributed by atoms with E-state index in [-0.39, 0.29) is 18.4 Å². The van der Waals surface area contributed by atoms with Gasteiger partial charge in [-0.05, 0) is 68.2 Å². The summed E-state index contributed by atoms with van der Waals surface area (Å²) in [6.45, 7) is 3.62. The van der Waals surface area contributed by atoms with Crippen LogP contribution in [0.15, 0.2) is 60.7 Å². The number of nitrogens with one attached hydrogen (secondary N) is 2. The molecule has 2 aliphatic rings. The number of fused-ring (bicyclic) bond motifs is 1. The monoisotopic (exact) mass is 590 g/mol. The van der Waals surface area contributed by atoms with Gasteiger partial charge in [-0.1, -0.05) is 61.4 Å². The molecule has 42 heavy (non-hydrogen) atoms. The van der Waals surface area contributed by atoms with Gasteiger partial charge in [0.1, 0.15) is 5.54 Å². The van der Waals surface area contributed by atoms with Crippen LogP contribution in [0.5, 0.6) is 0 Å². The summed E-state index contributed by atoms with van der Waals surface area (Å²) in [4.78, 5) is 45.6. The van der Waals surface area contributed by atoms with Crippen molar-refractivity contribution in [2.45, 2.75) is 63.0 Å². The minimum atomic E-state index is -1.09. The number of piperidine rings is 1. The number of carbonyl (C=O) groups is 3. The molecule has 0 spiro atoms. The van der Waals surface area contributed by atoms with Crippen LogP contribution >= 0.6 is 11.3 Å². The lowest BCUT2D eigenvalue weighted by molar-refractivity contribution is -0.134. The van der Waals surface area contributed by atoms with Gasteiger partial charge < -0.3 is 20.3 Å². The molecule has 0 bridgehead atoms. The Morgan fingerprint density at radius 3 is 2.45 bits per heavy atom. The minimum Gasteiger partial charge on any atom is -0.381 e. The van der Waals surface area contributed by atoms with Crippen LogP contribution in [-0.4, -0.2) is 79.1 Å². The van der Waals surface area contributed by atoms with Gasteiger partial charge in [0, 0.05) is 38.0 Å². The molecule has 4 amide bonds. The average Bonchev–Trinajstić information content (AvgIpc) is 3.68. The maximum Gasteiger partial charge on any atom is 0.324 e. The molecule has 1 saturated heterocycles. The summed E-state index contributed by atoms with van der Waals surface area (Å²) in [7, 11) is 1.77. The topological polar surface area (TPSA) is 91.0 Å². The average molecular weight is 591 g/mol. The van der Waals surface area contributed by atoms with Crippen LogP contribution in [0.25, 0.3) is 10.1 Å². The van der Waals surface area contributed by atoms with Gasteiger partial charge >= 0.3 is 6.03 Å². The van der Waals surface area contributed by atoms with E-state index in [1.807, 2.05) is 60.7 Å². The Morgan fingerprint density at radius 1 is 1.02 bits per heavy atom. The highest BCUT2D eigenvalue weighted by Gasteiger charge is 2.46. The number of hydrogen-bond donors (Lipinski definition) is 2. The third-order valence-electron chi connectivity index (χ3n) is 8.62. The Kier molecular flexibility index (Phi) is 10.3. The van der Waals surface area contributed by atoms with Crippen LogP contribution in [0.2, 0.25) is 0 Å². The Labute approximate surface area is 252 Å². The second-order valence-electron chi connectivity index (χ2n) is 11.4. The van der Waals surface area contributed by atoms with Gasteiger partial charge in [0.05, 0.1) is 11.0 Å². The minimum absolute atomic E-state index is 0.250. The Bertz CT molecular complexity index is 1310. The number of hydrogen-bond acceptors (Lipinski definition) is 6. The first-order chi connectivity index (χ1) is 20.5. The number of likely N-dealkylation sites (tertiary alicyclic amines) is 1. The van der Waals surface area contributed by atoms with Crippen molar-refractivity contribution in [2.24, 2.45) is 0 Å². The zero-order valence-corrected chi connectivity index (χ0v) is 25.3.